The molecule has 0 aliphatic carbocycles. The number of nitrogens with one attached hydrogen (secondary N) is 1. The summed E-state index contributed by atoms with van der Waals surface area (Å²) < 4.78 is 5.24. The van der Waals surface area contributed by atoms with E-state index in [9.17, 15) is 14.9 Å². The van der Waals surface area contributed by atoms with Crippen LogP contribution in [0.3, 0.4) is 0 Å². The standard InChI is InChI=1S/C17H11Cl2N3O4S/c18-10-5-6-12(19)11(7-10)13-9-27-17(20-13)21-16(23)8-26-15-4-2-1-3-14(15)22(24)25/h1-7,9H,8H2,(H,20,21,23). The van der Waals surface area contributed by atoms with Crippen molar-refractivity contribution >= 4 is 51.3 Å². The summed E-state index contributed by atoms with van der Waals surface area (Å²) in [7, 11) is 0. The molecule has 0 spiro atoms. The molecule has 0 saturated carbocycles. The van der Waals surface area contributed by atoms with Gasteiger partial charge < -0.3 is 4.74 Å². The third-order valence-electron chi connectivity index (χ3n) is 3.38. The van der Waals surface area contributed by atoms with E-state index in [1.54, 1.807) is 29.6 Å². The van der Waals surface area contributed by atoms with E-state index in [2.05, 4.69) is 10.3 Å². The number of para-hydroxylation sites is 2. The number of thiazole rings is 1. The van der Waals surface area contributed by atoms with Crippen LogP contribution in [0, 0.1) is 10.1 Å². The number of anilines is 1. The van der Waals surface area contributed by atoms with Crippen LogP contribution in [0.4, 0.5) is 10.8 Å². The van der Waals surface area contributed by atoms with Gasteiger partial charge in [-0.25, -0.2) is 4.98 Å². The maximum atomic E-state index is 12.0. The number of carbonyl (C=O) groups excluding carboxylic acids is 1. The Morgan fingerprint density at radius 3 is 2.81 bits per heavy atom. The second-order valence-corrected chi connectivity index (χ2v) is 6.93. The highest BCUT2D eigenvalue weighted by atomic mass is 35.5. The Bertz CT molecular complexity index is 1010. The smallest absolute Gasteiger partial charge is 0.310 e. The van der Waals surface area contributed by atoms with Crippen molar-refractivity contribution in [3.05, 3.63) is 68.0 Å². The van der Waals surface area contributed by atoms with Gasteiger partial charge in [0.1, 0.15) is 0 Å². The molecule has 7 nitrogen and oxygen atoms in total. The molecule has 0 aliphatic rings. The largest absolute Gasteiger partial charge is 0.477 e. The molecule has 3 rings (SSSR count). The number of hydrogen-bond acceptors (Lipinski definition) is 6. The van der Waals surface area contributed by atoms with Crippen molar-refractivity contribution in [2.75, 3.05) is 11.9 Å². The van der Waals surface area contributed by atoms with E-state index < -0.39 is 17.4 Å². The Morgan fingerprint density at radius 2 is 2.04 bits per heavy atom. The zero-order valence-electron chi connectivity index (χ0n) is 13.5. The van der Waals surface area contributed by atoms with Gasteiger partial charge in [-0.2, -0.15) is 0 Å². The second kappa shape index (κ2) is 8.34. The summed E-state index contributed by atoms with van der Waals surface area (Å²) in [4.78, 5) is 26.7. The van der Waals surface area contributed by atoms with Gasteiger partial charge in [-0.3, -0.25) is 20.2 Å². The fourth-order valence-corrected chi connectivity index (χ4v) is 3.29. The zero-order chi connectivity index (χ0) is 19.4. The molecule has 1 N–H and O–H groups in total. The van der Waals surface area contributed by atoms with Gasteiger partial charge in [-0.1, -0.05) is 35.3 Å². The Kier molecular flexibility index (Phi) is 5.90. The van der Waals surface area contributed by atoms with Crippen molar-refractivity contribution in [1.82, 2.24) is 4.98 Å². The number of ether oxygens (including phenoxy) is 1. The molecule has 138 valence electrons. The van der Waals surface area contributed by atoms with Crippen LogP contribution in [0.2, 0.25) is 10.0 Å². The Balaban J connectivity index is 1.65. The van der Waals surface area contributed by atoms with Crippen LogP contribution in [-0.4, -0.2) is 22.4 Å². The van der Waals surface area contributed by atoms with E-state index in [4.69, 9.17) is 27.9 Å². The van der Waals surface area contributed by atoms with Crippen LogP contribution in [0.1, 0.15) is 0 Å². The van der Waals surface area contributed by atoms with Gasteiger partial charge in [0.2, 0.25) is 0 Å². The quantitative estimate of drug-likeness (QED) is 0.442. The van der Waals surface area contributed by atoms with Crippen LogP contribution in [0.25, 0.3) is 11.3 Å². The molecule has 0 saturated heterocycles. The minimum atomic E-state index is -0.574. The third kappa shape index (κ3) is 4.73. The van der Waals surface area contributed by atoms with Crippen molar-refractivity contribution in [3.63, 3.8) is 0 Å². The molecule has 27 heavy (non-hydrogen) atoms. The van der Waals surface area contributed by atoms with E-state index in [0.29, 0.717) is 26.4 Å². The van der Waals surface area contributed by atoms with E-state index >= 15 is 0 Å². The Labute approximate surface area is 167 Å². The van der Waals surface area contributed by atoms with E-state index in [1.165, 1.54) is 29.5 Å². The lowest BCUT2D eigenvalue weighted by atomic mass is 10.2. The minimum absolute atomic E-state index is 0.0168. The van der Waals surface area contributed by atoms with Crippen molar-refractivity contribution in [2.45, 2.75) is 0 Å². The normalized spacial score (nSPS) is 10.4. The van der Waals surface area contributed by atoms with Gasteiger partial charge in [0.15, 0.2) is 17.5 Å². The van der Waals surface area contributed by atoms with Crippen LogP contribution < -0.4 is 10.1 Å². The highest BCUT2D eigenvalue weighted by Gasteiger charge is 2.16. The van der Waals surface area contributed by atoms with Crippen LogP contribution in [0.15, 0.2) is 47.8 Å². The van der Waals surface area contributed by atoms with Gasteiger partial charge in [0.25, 0.3) is 5.91 Å². The molecule has 0 radical (unpaired) electrons. The molecule has 1 heterocycles. The summed E-state index contributed by atoms with van der Waals surface area (Å²) >= 11 is 13.3. The lowest BCUT2D eigenvalue weighted by Gasteiger charge is -2.06. The summed E-state index contributed by atoms with van der Waals surface area (Å²) in [6.45, 7) is -0.391. The molecular weight excluding hydrogens is 413 g/mol. The molecule has 2 aromatic carbocycles. The van der Waals surface area contributed by atoms with Crippen molar-refractivity contribution in [2.24, 2.45) is 0 Å². The van der Waals surface area contributed by atoms with Crippen LogP contribution >= 0.6 is 34.5 Å². The fourth-order valence-electron chi connectivity index (χ4n) is 2.18. The SMILES string of the molecule is O=C(COc1ccccc1[N+](=O)[O-])Nc1nc(-c2cc(Cl)ccc2Cl)cs1. The number of hydrogen-bond donors (Lipinski definition) is 1. The maximum absolute atomic E-state index is 12.0. The minimum Gasteiger partial charge on any atom is -0.477 e. The molecule has 1 amide bonds. The van der Waals surface area contributed by atoms with E-state index in [1.807, 2.05) is 0 Å². The number of nitrogens with zero attached hydrogens (tertiary/aromatic N) is 2. The van der Waals surface area contributed by atoms with Crippen LogP contribution in [0.5, 0.6) is 5.75 Å². The predicted octanol–water partition coefficient (Wildman–Crippen LogP) is 5.04. The zero-order valence-corrected chi connectivity index (χ0v) is 15.8. The molecule has 3 aromatic rings. The predicted molar refractivity (Wildman–Crippen MR) is 105 cm³/mol. The summed E-state index contributed by atoms with van der Waals surface area (Å²) in [5, 5.41) is 16.6. The number of amides is 1. The molecule has 10 heteroatoms. The van der Waals surface area contributed by atoms with Gasteiger partial charge in [-0.15, -0.1) is 11.3 Å². The first-order valence-electron chi connectivity index (χ1n) is 7.51. The summed E-state index contributed by atoms with van der Waals surface area (Å²) in [6.07, 6.45) is 0. The van der Waals surface area contributed by atoms with Gasteiger partial charge in [-0.05, 0) is 24.3 Å². The first-order valence-corrected chi connectivity index (χ1v) is 9.14. The third-order valence-corrected chi connectivity index (χ3v) is 4.70. The highest BCUT2D eigenvalue weighted by molar-refractivity contribution is 7.14. The molecule has 0 aliphatic heterocycles. The number of rotatable bonds is 6. The monoisotopic (exact) mass is 423 g/mol. The average Bonchev–Trinajstić information content (AvgIpc) is 3.10. The van der Waals surface area contributed by atoms with E-state index in [-0.39, 0.29) is 11.4 Å². The van der Waals surface area contributed by atoms with Gasteiger partial charge in [0, 0.05) is 22.0 Å². The summed E-state index contributed by atoms with van der Waals surface area (Å²) in [5.41, 5.74) is 1.01. The lowest BCUT2D eigenvalue weighted by molar-refractivity contribution is -0.385. The van der Waals surface area contributed by atoms with Crippen molar-refractivity contribution in [1.29, 1.82) is 0 Å². The average molecular weight is 424 g/mol. The van der Waals surface area contributed by atoms with Gasteiger partial charge in [0.05, 0.1) is 15.6 Å². The molecule has 0 bridgehead atoms. The number of nitro benzene ring substituents is 1. The molecule has 1 aromatic heterocycles. The number of nitro groups is 1. The summed E-state index contributed by atoms with van der Waals surface area (Å²) in [5.74, 6) is -0.477. The first-order chi connectivity index (χ1) is 12.9. The number of benzene rings is 2. The molecule has 0 fully saturated rings. The second-order valence-electron chi connectivity index (χ2n) is 5.22. The number of halogens is 2. The van der Waals surface area contributed by atoms with E-state index in [0.717, 1.165) is 0 Å². The Hall–Kier alpha value is -2.68. The van der Waals surface area contributed by atoms with Crippen LogP contribution in [-0.2, 0) is 4.79 Å². The molecule has 0 atom stereocenters. The van der Waals surface area contributed by atoms with Gasteiger partial charge >= 0.3 is 5.69 Å². The van der Waals surface area contributed by atoms with Crippen molar-refractivity contribution in [3.8, 4) is 17.0 Å². The number of aromatic nitrogens is 1. The topological polar surface area (TPSA) is 94.4 Å². The molecule has 0 unspecified atom stereocenters. The van der Waals surface area contributed by atoms with Crippen molar-refractivity contribution < 1.29 is 14.5 Å². The molecular formula is C17H11Cl2N3O4S. The summed E-state index contributed by atoms with van der Waals surface area (Å²) in [6, 6.07) is 10.8. The number of carbonyl (C=O) groups is 1. The maximum Gasteiger partial charge on any atom is 0.310 e. The lowest BCUT2D eigenvalue weighted by Crippen LogP contribution is -2.20. The fraction of sp³-hybridized carbons (Fsp3) is 0.0588. The Morgan fingerprint density at radius 1 is 1.26 bits per heavy atom. The highest BCUT2D eigenvalue weighted by Crippen LogP contribution is 2.32. The first kappa shape index (κ1) is 19.1.